The lowest BCUT2D eigenvalue weighted by Gasteiger charge is -2.21. The molecule has 0 radical (unpaired) electrons. The molecule has 0 saturated carbocycles. The second-order valence-corrected chi connectivity index (χ2v) is 32.0. The van der Waals surface area contributed by atoms with E-state index < -0.39 is 97.5 Å². The highest BCUT2D eigenvalue weighted by atomic mass is 31.2. The second kappa shape index (κ2) is 68.5. The van der Waals surface area contributed by atoms with E-state index in [1.165, 1.54) is 205 Å². The van der Waals surface area contributed by atoms with E-state index in [0.29, 0.717) is 25.7 Å². The van der Waals surface area contributed by atoms with Crippen LogP contribution in [0.5, 0.6) is 0 Å². The molecule has 0 bridgehead atoms. The van der Waals surface area contributed by atoms with Crippen molar-refractivity contribution < 1.29 is 80.2 Å². The molecule has 0 aliphatic carbocycles. The summed E-state index contributed by atoms with van der Waals surface area (Å²) in [5.74, 6) is 0.192. The zero-order valence-corrected chi connectivity index (χ0v) is 65.3. The van der Waals surface area contributed by atoms with E-state index >= 15 is 0 Å². The van der Waals surface area contributed by atoms with Gasteiger partial charge in [-0.1, -0.05) is 350 Å². The normalized spacial score (nSPS) is 14.6. The number of carbonyl (C=O) groups is 4. The van der Waals surface area contributed by atoms with Crippen LogP contribution in [-0.4, -0.2) is 96.7 Å². The molecule has 0 amide bonds. The maximum atomic E-state index is 13.1. The number of phosphoric acid groups is 2. The summed E-state index contributed by atoms with van der Waals surface area (Å²) in [5.41, 5.74) is 0. The Balaban J connectivity index is 5.24. The number of carbonyl (C=O) groups excluding carboxylic acids is 4. The third-order valence-corrected chi connectivity index (χ3v) is 20.8. The van der Waals surface area contributed by atoms with Crippen molar-refractivity contribution in [2.24, 2.45) is 17.8 Å². The van der Waals surface area contributed by atoms with Crippen LogP contribution in [0.2, 0.25) is 0 Å². The van der Waals surface area contributed by atoms with Gasteiger partial charge in [0.25, 0.3) is 0 Å². The van der Waals surface area contributed by atoms with Crippen molar-refractivity contribution in [2.45, 2.75) is 420 Å². The largest absolute Gasteiger partial charge is 0.472 e. The predicted molar refractivity (Wildman–Crippen MR) is 395 cm³/mol. The van der Waals surface area contributed by atoms with Gasteiger partial charge in [-0.25, -0.2) is 9.13 Å². The molecular formula is C78H152O17P2. The van der Waals surface area contributed by atoms with Crippen LogP contribution in [0.4, 0.5) is 0 Å². The predicted octanol–water partition coefficient (Wildman–Crippen LogP) is 23.0. The Kier molecular flexibility index (Phi) is 67.1. The lowest BCUT2D eigenvalue weighted by atomic mass is 9.99. The van der Waals surface area contributed by atoms with Gasteiger partial charge in [0.2, 0.25) is 0 Å². The van der Waals surface area contributed by atoms with E-state index in [9.17, 15) is 43.2 Å². The van der Waals surface area contributed by atoms with Crippen LogP contribution in [-0.2, 0) is 65.4 Å². The van der Waals surface area contributed by atoms with Crippen LogP contribution in [0.1, 0.15) is 402 Å². The van der Waals surface area contributed by atoms with Gasteiger partial charge in [0.05, 0.1) is 26.4 Å². The summed E-state index contributed by atoms with van der Waals surface area (Å²) in [6.45, 7) is 11.9. The van der Waals surface area contributed by atoms with Crippen molar-refractivity contribution >= 4 is 39.5 Å². The number of rotatable bonds is 76. The van der Waals surface area contributed by atoms with Crippen LogP contribution >= 0.6 is 15.6 Å². The number of phosphoric ester groups is 2. The van der Waals surface area contributed by atoms with E-state index in [1.54, 1.807) is 0 Å². The minimum Gasteiger partial charge on any atom is -0.462 e. The van der Waals surface area contributed by atoms with Crippen LogP contribution in [0, 0.1) is 17.8 Å². The minimum atomic E-state index is -4.96. The van der Waals surface area contributed by atoms with Crippen molar-refractivity contribution in [3.05, 3.63) is 0 Å². The first-order valence-electron chi connectivity index (χ1n) is 40.4. The van der Waals surface area contributed by atoms with E-state index in [4.69, 9.17) is 37.0 Å². The van der Waals surface area contributed by atoms with Gasteiger partial charge in [0.1, 0.15) is 19.3 Å². The first-order chi connectivity index (χ1) is 46.8. The fraction of sp³-hybridized carbons (Fsp3) is 0.949. The number of aliphatic hydroxyl groups is 1. The van der Waals surface area contributed by atoms with Gasteiger partial charge in [0, 0.05) is 25.7 Å². The van der Waals surface area contributed by atoms with E-state index in [-0.39, 0.29) is 25.7 Å². The number of ether oxygens (including phenoxy) is 4. The quantitative estimate of drug-likeness (QED) is 0.0222. The Morgan fingerprint density at radius 1 is 0.299 bits per heavy atom. The fourth-order valence-electron chi connectivity index (χ4n) is 11.9. The second-order valence-electron chi connectivity index (χ2n) is 29.1. The van der Waals surface area contributed by atoms with Gasteiger partial charge < -0.3 is 33.8 Å². The number of aliphatic hydroxyl groups excluding tert-OH is 1. The average Bonchev–Trinajstić information content (AvgIpc) is 1.14. The molecule has 17 nitrogen and oxygen atoms in total. The Labute approximate surface area is 594 Å². The Hall–Kier alpha value is -1.94. The maximum Gasteiger partial charge on any atom is 0.472 e. The Morgan fingerprint density at radius 3 is 0.784 bits per heavy atom. The molecule has 0 fully saturated rings. The van der Waals surface area contributed by atoms with Crippen molar-refractivity contribution in [3.63, 3.8) is 0 Å². The average molecular weight is 1420 g/mol. The van der Waals surface area contributed by atoms with Crippen molar-refractivity contribution in [1.29, 1.82) is 0 Å². The van der Waals surface area contributed by atoms with Crippen LogP contribution < -0.4 is 0 Å². The Morgan fingerprint density at radius 2 is 0.526 bits per heavy atom. The van der Waals surface area contributed by atoms with E-state index in [2.05, 4.69) is 48.5 Å². The molecule has 7 atom stereocenters. The summed E-state index contributed by atoms with van der Waals surface area (Å²) in [6.07, 6.45) is 55.5. The monoisotopic (exact) mass is 1420 g/mol. The van der Waals surface area contributed by atoms with Crippen LogP contribution in [0.15, 0.2) is 0 Å². The summed E-state index contributed by atoms with van der Waals surface area (Å²) in [6, 6.07) is 0. The molecule has 0 aliphatic heterocycles. The molecule has 4 unspecified atom stereocenters. The summed E-state index contributed by atoms with van der Waals surface area (Å²) in [4.78, 5) is 72.9. The van der Waals surface area contributed by atoms with Gasteiger partial charge in [-0.05, 0) is 43.4 Å². The van der Waals surface area contributed by atoms with Crippen molar-refractivity contribution in [2.75, 3.05) is 39.6 Å². The summed E-state index contributed by atoms with van der Waals surface area (Å²) >= 11 is 0. The van der Waals surface area contributed by atoms with Gasteiger partial charge in [-0.15, -0.1) is 0 Å². The minimum absolute atomic E-state index is 0.104. The zero-order chi connectivity index (χ0) is 71.6. The molecule has 97 heavy (non-hydrogen) atoms. The first kappa shape index (κ1) is 95.1. The fourth-order valence-corrected chi connectivity index (χ4v) is 13.5. The third-order valence-electron chi connectivity index (χ3n) is 18.9. The SMILES string of the molecule is CCCCCCCCCCCCCCCCCCC(=O)OC[C@H](COP(=O)(O)OC[C@@H](O)COP(=O)(O)OC[C@@H](COC(=O)CCCCCCCCC(C)CC)OC(=O)CCCCCCCCCCC(C)CC)OC(=O)CCCCCCCCCCCCCCCCCCC(C)C. The summed E-state index contributed by atoms with van der Waals surface area (Å²) < 4.78 is 68.6. The number of hydrogen-bond donors (Lipinski definition) is 3. The van der Waals surface area contributed by atoms with Gasteiger partial charge in [-0.2, -0.15) is 0 Å². The molecule has 0 saturated heterocycles. The van der Waals surface area contributed by atoms with Crippen molar-refractivity contribution in [1.82, 2.24) is 0 Å². The molecule has 0 aromatic rings. The van der Waals surface area contributed by atoms with Gasteiger partial charge in [0.15, 0.2) is 12.2 Å². The molecule has 0 aromatic heterocycles. The molecule has 0 aromatic carbocycles. The highest BCUT2D eigenvalue weighted by Gasteiger charge is 2.30. The molecular weight excluding hydrogens is 1270 g/mol. The number of unbranched alkanes of at least 4 members (excludes halogenated alkanes) is 42. The molecule has 0 rings (SSSR count). The van der Waals surface area contributed by atoms with Gasteiger partial charge >= 0.3 is 39.5 Å². The summed E-state index contributed by atoms with van der Waals surface area (Å²) in [5, 5.41) is 10.6. The molecule has 19 heteroatoms. The standard InChI is InChI=1S/C78H152O17P2/c1-8-11-12-13-14-15-16-17-18-22-25-28-31-37-45-52-59-75(80)88-65-73(94-77(82)61-54-47-38-32-29-26-23-20-19-21-24-27-30-35-42-49-56-69(4)5)67-92-96(84,85)90-63-72(79)64-91-97(86,87)93-68-74(66-89-76(81)60-53-46-41-40-44-51-58-71(7)10-3)95-78(83)62-55-48-39-34-33-36-43-50-57-70(6)9-2/h69-74,79H,8-68H2,1-7H3,(H,84,85)(H,86,87)/t70?,71?,72-,73-,74-/m1/s1. The van der Waals surface area contributed by atoms with E-state index in [0.717, 1.165) is 114 Å². The molecule has 0 spiro atoms. The number of esters is 4. The van der Waals surface area contributed by atoms with Crippen LogP contribution in [0.3, 0.4) is 0 Å². The summed E-state index contributed by atoms with van der Waals surface area (Å²) in [7, 11) is -9.92. The molecule has 0 heterocycles. The van der Waals surface area contributed by atoms with Crippen molar-refractivity contribution in [3.8, 4) is 0 Å². The van der Waals surface area contributed by atoms with Gasteiger partial charge in [-0.3, -0.25) is 37.3 Å². The smallest absolute Gasteiger partial charge is 0.462 e. The molecule has 576 valence electrons. The van der Waals surface area contributed by atoms with Crippen LogP contribution in [0.25, 0.3) is 0 Å². The lowest BCUT2D eigenvalue weighted by Crippen LogP contribution is -2.30. The van der Waals surface area contributed by atoms with E-state index in [1.807, 2.05) is 0 Å². The zero-order valence-electron chi connectivity index (χ0n) is 63.5. The topological polar surface area (TPSA) is 237 Å². The Bertz CT molecular complexity index is 1890. The highest BCUT2D eigenvalue weighted by molar-refractivity contribution is 7.47. The third kappa shape index (κ3) is 69.5. The number of hydrogen-bond acceptors (Lipinski definition) is 15. The lowest BCUT2D eigenvalue weighted by molar-refractivity contribution is -0.161. The highest BCUT2D eigenvalue weighted by Crippen LogP contribution is 2.45. The maximum absolute atomic E-state index is 13.1. The molecule has 3 N–H and O–H groups in total. The first-order valence-corrected chi connectivity index (χ1v) is 43.4. The molecule has 0 aliphatic rings.